The second-order valence-electron chi connectivity index (χ2n) is 5.31. The van der Waals surface area contributed by atoms with E-state index < -0.39 is 0 Å². The molecule has 0 bridgehead atoms. The minimum absolute atomic E-state index is 0.0726. The van der Waals surface area contributed by atoms with Crippen molar-refractivity contribution in [3.63, 3.8) is 0 Å². The monoisotopic (exact) mass is 261 g/mol. The molecule has 18 heavy (non-hydrogen) atoms. The van der Waals surface area contributed by atoms with Gasteiger partial charge in [0.1, 0.15) is 5.01 Å². The van der Waals surface area contributed by atoms with Crippen LogP contribution >= 0.6 is 11.3 Å². The molecule has 0 aliphatic rings. The van der Waals surface area contributed by atoms with Gasteiger partial charge in [-0.1, -0.05) is 20.8 Å². The van der Waals surface area contributed by atoms with Crippen LogP contribution < -0.4 is 5.32 Å². The predicted octanol–water partition coefficient (Wildman–Crippen LogP) is 3.22. The van der Waals surface area contributed by atoms with Crippen LogP contribution in [0.3, 0.4) is 0 Å². The van der Waals surface area contributed by atoms with E-state index in [9.17, 15) is 0 Å². The fraction of sp³-hybridized carbons (Fsp3) is 0.429. The highest BCUT2D eigenvalue weighted by atomic mass is 32.1. The van der Waals surface area contributed by atoms with Gasteiger partial charge in [-0.05, 0) is 19.2 Å². The van der Waals surface area contributed by atoms with Crippen LogP contribution in [0.4, 0.5) is 0 Å². The van der Waals surface area contributed by atoms with Gasteiger partial charge >= 0.3 is 0 Å². The van der Waals surface area contributed by atoms with Gasteiger partial charge in [0.2, 0.25) is 0 Å². The van der Waals surface area contributed by atoms with E-state index in [1.807, 2.05) is 19.3 Å². The minimum atomic E-state index is 0.0726. The Morgan fingerprint density at radius 2 is 2.11 bits per heavy atom. The van der Waals surface area contributed by atoms with Gasteiger partial charge in [0.25, 0.3) is 0 Å². The van der Waals surface area contributed by atoms with Crippen LogP contribution in [0.1, 0.15) is 31.3 Å². The van der Waals surface area contributed by atoms with Crippen molar-refractivity contribution in [2.24, 2.45) is 0 Å². The van der Waals surface area contributed by atoms with Crippen LogP contribution in [0.25, 0.3) is 10.6 Å². The van der Waals surface area contributed by atoms with Crippen molar-refractivity contribution >= 4 is 11.3 Å². The summed E-state index contributed by atoms with van der Waals surface area (Å²) < 4.78 is 0. The Morgan fingerprint density at radius 1 is 1.33 bits per heavy atom. The van der Waals surface area contributed by atoms with Gasteiger partial charge in [0.15, 0.2) is 0 Å². The summed E-state index contributed by atoms with van der Waals surface area (Å²) in [6.07, 6.45) is 3.66. The van der Waals surface area contributed by atoms with E-state index in [1.165, 1.54) is 10.6 Å². The van der Waals surface area contributed by atoms with Crippen molar-refractivity contribution in [2.75, 3.05) is 7.05 Å². The lowest BCUT2D eigenvalue weighted by molar-refractivity contribution is 0.563. The third-order valence-electron chi connectivity index (χ3n) is 2.65. The fourth-order valence-corrected chi connectivity index (χ4v) is 3.10. The average molecular weight is 261 g/mol. The molecule has 3 nitrogen and oxygen atoms in total. The van der Waals surface area contributed by atoms with E-state index in [0.717, 1.165) is 17.1 Å². The van der Waals surface area contributed by atoms with Gasteiger partial charge in [-0.25, -0.2) is 4.98 Å². The summed E-state index contributed by atoms with van der Waals surface area (Å²) in [5.74, 6) is 0. The lowest BCUT2D eigenvalue weighted by atomic mass is 9.91. The summed E-state index contributed by atoms with van der Waals surface area (Å²) in [5.41, 5.74) is 2.35. The minimum Gasteiger partial charge on any atom is -0.315 e. The molecule has 0 saturated carbocycles. The first-order valence-electron chi connectivity index (χ1n) is 6.07. The van der Waals surface area contributed by atoms with Crippen LogP contribution in [-0.2, 0) is 12.0 Å². The highest BCUT2D eigenvalue weighted by Gasteiger charge is 2.23. The second-order valence-corrected chi connectivity index (χ2v) is 6.40. The molecule has 0 atom stereocenters. The zero-order valence-corrected chi connectivity index (χ0v) is 12.1. The summed E-state index contributed by atoms with van der Waals surface area (Å²) in [7, 11) is 1.97. The normalized spacial score (nSPS) is 11.8. The molecule has 0 aromatic carbocycles. The van der Waals surface area contributed by atoms with Crippen LogP contribution in [0.5, 0.6) is 0 Å². The molecule has 0 saturated heterocycles. The number of hydrogen-bond acceptors (Lipinski definition) is 4. The Hall–Kier alpha value is -1.26. The average Bonchev–Trinajstić information content (AvgIpc) is 2.75. The standard InChI is InChI=1S/C14H19N3S/c1-14(2,3)12-11(9-15-4)18-13(17-12)10-6-5-7-16-8-10/h5-8,15H,9H2,1-4H3. The van der Waals surface area contributed by atoms with Crippen molar-refractivity contribution in [3.8, 4) is 10.6 Å². The lowest BCUT2D eigenvalue weighted by Crippen LogP contribution is -2.16. The maximum absolute atomic E-state index is 4.81. The Balaban J connectivity index is 2.46. The van der Waals surface area contributed by atoms with Crippen molar-refractivity contribution in [3.05, 3.63) is 35.1 Å². The third-order valence-corrected chi connectivity index (χ3v) is 3.76. The van der Waals surface area contributed by atoms with Gasteiger partial charge in [-0.15, -0.1) is 11.3 Å². The molecule has 2 aromatic heterocycles. The largest absolute Gasteiger partial charge is 0.315 e. The number of thiazole rings is 1. The zero-order chi connectivity index (χ0) is 13.2. The molecule has 0 unspecified atom stereocenters. The Labute approximate surface area is 112 Å². The van der Waals surface area contributed by atoms with Crippen molar-refractivity contribution in [1.82, 2.24) is 15.3 Å². The number of nitrogens with one attached hydrogen (secondary N) is 1. The first kappa shape index (κ1) is 13.2. The van der Waals surface area contributed by atoms with Crippen LogP contribution in [0.2, 0.25) is 0 Å². The summed E-state index contributed by atoms with van der Waals surface area (Å²) in [5, 5.41) is 4.27. The van der Waals surface area contributed by atoms with Crippen LogP contribution in [-0.4, -0.2) is 17.0 Å². The maximum Gasteiger partial charge on any atom is 0.125 e. The molecule has 0 aliphatic carbocycles. The summed E-state index contributed by atoms with van der Waals surface area (Å²) in [6, 6.07) is 4.01. The van der Waals surface area contributed by atoms with Crippen LogP contribution in [0, 0.1) is 0 Å². The molecule has 0 amide bonds. The number of nitrogens with zero attached hydrogens (tertiary/aromatic N) is 2. The molecule has 0 radical (unpaired) electrons. The topological polar surface area (TPSA) is 37.8 Å². The number of hydrogen-bond donors (Lipinski definition) is 1. The zero-order valence-electron chi connectivity index (χ0n) is 11.3. The molecule has 0 aliphatic heterocycles. The van der Waals surface area contributed by atoms with Gasteiger partial charge in [0.05, 0.1) is 5.69 Å². The SMILES string of the molecule is CNCc1sc(-c2cccnc2)nc1C(C)(C)C. The molecule has 0 spiro atoms. The summed E-state index contributed by atoms with van der Waals surface area (Å²) >= 11 is 1.75. The van der Waals surface area contributed by atoms with E-state index in [2.05, 4.69) is 37.1 Å². The first-order chi connectivity index (χ1) is 8.52. The quantitative estimate of drug-likeness (QED) is 0.922. The Kier molecular flexibility index (Phi) is 3.78. The molecule has 1 N–H and O–H groups in total. The number of pyridine rings is 1. The molecule has 96 valence electrons. The second kappa shape index (κ2) is 5.16. The van der Waals surface area contributed by atoms with Crippen LogP contribution in [0.15, 0.2) is 24.5 Å². The third kappa shape index (κ3) is 2.76. The van der Waals surface area contributed by atoms with Gasteiger partial charge < -0.3 is 5.32 Å². The molecule has 0 fully saturated rings. The fourth-order valence-electron chi connectivity index (χ4n) is 1.83. The summed E-state index contributed by atoms with van der Waals surface area (Å²) in [4.78, 5) is 10.3. The highest BCUT2D eigenvalue weighted by Crippen LogP contribution is 2.34. The van der Waals surface area contributed by atoms with E-state index in [4.69, 9.17) is 4.98 Å². The van der Waals surface area contributed by atoms with Crippen molar-refractivity contribution in [2.45, 2.75) is 32.7 Å². The molecular formula is C14H19N3S. The molecule has 2 rings (SSSR count). The smallest absolute Gasteiger partial charge is 0.125 e. The van der Waals surface area contributed by atoms with Gasteiger partial charge in [-0.2, -0.15) is 0 Å². The molecule has 2 aromatic rings. The van der Waals surface area contributed by atoms with E-state index in [0.29, 0.717) is 0 Å². The van der Waals surface area contributed by atoms with E-state index >= 15 is 0 Å². The highest BCUT2D eigenvalue weighted by molar-refractivity contribution is 7.15. The Bertz CT molecular complexity index is 512. The summed E-state index contributed by atoms with van der Waals surface area (Å²) in [6.45, 7) is 7.47. The lowest BCUT2D eigenvalue weighted by Gasteiger charge is -2.17. The Morgan fingerprint density at radius 3 is 2.67 bits per heavy atom. The maximum atomic E-state index is 4.81. The first-order valence-corrected chi connectivity index (χ1v) is 6.89. The predicted molar refractivity (Wildman–Crippen MR) is 76.8 cm³/mol. The molecule has 4 heteroatoms. The van der Waals surface area contributed by atoms with Crippen molar-refractivity contribution < 1.29 is 0 Å². The van der Waals surface area contributed by atoms with E-state index in [1.54, 1.807) is 17.5 Å². The van der Waals surface area contributed by atoms with Crippen molar-refractivity contribution in [1.29, 1.82) is 0 Å². The molecular weight excluding hydrogens is 242 g/mol. The van der Waals surface area contributed by atoms with Gasteiger partial charge in [-0.3, -0.25) is 4.98 Å². The van der Waals surface area contributed by atoms with Gasteiger partial charge in [0, 0.05) is 34.8 Å². The molecule has 2 heterocycles. The van der Waals surface area contributed by atoms with E-state index in [-0.39, 0.29) is 5.41 Å². The number of aromatic nitrogens is 2. The number of rotatable bonds is 3.